The third-order valence-electron chi connectivity index (χ3n) is 4.55. The summed E-state index contributed by atoms with van der Waals surface area (Å²) in [5, 5.41) is 1.39. The summed E-state index contributed by atoms with van der Waals surface area (Å²) in [6.45, 7) is 6.12. The number of Topliss-reactive ketones (excluding diaryl/α,β-unsaturated/α-hetero) is 1. The number of rotatable bonds is 8. The molecule has 0 radical (unpaired) electrons. The summed E-state index contributed by atoms with van der Waals surface area (Å²) in [6.07, 6.45) is 1.95. The van der Waals surface area contributed by atoms with Gasteiger partial charge in [-0.25, -0.2) is 0 Å². The lowest BCUT2D eigenvalue weighted by atomic mass is 10.0. The Hall–Kier alpha value is -2.24. The van der Waals surface area contributed by atoms with Gasteiger partial charge in [-0.05, 0) is 50.6 Å². The standard InChI is InChI=1S/C22H24O4S/c1-4-5-12-26-22(2,3)20(23)14-25-15-10-11-17-19(13-15)27-18-9-7-6-8-16(18)21(17)24/h6-11,13H,4-5,12,14H2,1-3H3. The summed E-state index contributed by atoms with van der Waals surface area (Å²) in [5.74, 6) is 0.469. The predicted molar refractivity (Wildman–Crippen MR) is 111 cm³/mol. The molecule has 3 aromatic rings. The molecule has 1 aromatic heterocycles. The summed E-state index contributed by atoms with van der Waals surface area (Å²) >= 11 is 1.54. The number of carbonyl (C=O) groups is 1. The van der Waals surface area contributed by atoms with Crippen molar-refractivity contribution in [1.82, 2.24) is 0 Å². The van der Waals surface area contributed by atoms with Crippen molar-refractivity contribution in [3.05, 3.63) is 52.7 Å². The van der Waals surface area contributed by atoms with E-state index in [0.29, 0.717) is 17.7 Å². The van der Waals surface area contributed by atoms with Gasteiger partial charge in [0.15, 0.2) is 5.43 Å². The quantitative estimate of drug-likeness (QED) is 0.407. The Kier molecular flexibility index (Phi) is 5.92. The van der Waals surface area contributed by atoms with Gasteiger partial charge in [0.1, 0.15) is 18.0 Å². The van der Waals surface area contributed by atoms with Crippen molar-refractivity contribution >= 4 is 37.3 Å². The van der Waals surface area contributed by atoms with Gasteiger partial charge in [-0.15, -0.1) is 11.3 Å². The van der Waals surface area contributed by atoms with Crippen LogP contribution in [0.5, 0.6) is 5.75 Å². The molecule has 0 atom stereocenters. The highest BCUT2D eigenvalue weighted by atomic mass is 32.1. The largest absolute Gasteiger partial charge is 0.486 e. The molecule has 0 N–H and O–H groups in total. The van der Waals surface area contributed by atoms with Gasteiger partial charge in [-0.2, -0.15) is 0 Å². The number of hydrogen-bond acceptors (Lipinski definition) is 5. The molecule has 2 aromatic carbocycles. The molecule has 142 valence electrons. The van der Waals surface area contributed by atoms with Crippen LogP contribution in [-0.4, -0.2) is 24.6 Å². The average molecular weight is 384 g/mol. The van der Waals surface area contributed by atoms with Crippen molar-refractivity contribution in [3.63, 3.8) is 0 Å². The van der Waals surface area contributed by atoms with Crippen molar-refractivity contribution in [1.29, 1.82) is 0 Å². The van der Waals surface area contributed by atoms with E-state index in [2.05, 4.69) is 6.92 Å². The minimum absolute atomic E-state index is 0.0208. The van der Waals surface area contributed by atoms with Crippen molar-refractivity contribution in [2.75, 3.05) is 13.2 Å². The van der Waals surface area contributed by atoms with Crippen molar-refractivity contribution in [3.8, 4) is 5.75 Å². The van der Waals surface area contributed by atoms with Crippen LogP contribution < -0.4 is 10.2 Å². The maximum absolute atomic E-state index is 12.6. The lowest BCUT2D eigenvalue weighted by Crippen LogP contribution is -2.38. The maximum Gasteiger partial charge on any atom is 0.201 e. The first-order valence-electron chi connectivity index (χ1n) is 9.18. The van der Waals surface area contributed by atoms with Gasteiger partial charge in [0, 0.05) is 26.8 Å². The second kappa shape index (κ2) is 8.19. The fourth-order valence-electron chi connectivity index (χ4n) is 2.75. The normalized spacial score (nSPS) is 11.8. The van der Waals surface area contributed by atoms with Crippen molar-refractivity contribution in [2.45, 2.75) is 39.2 Å². The smallest absolute Gasteiger partial charge is 0.201 e. The Labute approximate surface area is 162 Å². The molecule has 4 nitrogen and oxygen atoms in total. The SMILES string of the molecule is CCCCOC(C)(C)C(=O)COc1ccc2c(=O)c3ccccc3sc2c1. The summed E-state index contributed by atoms with van der Waals surface area (Å²) in [4.78, 5) is 25.0. The monoisotopic (exact) mass is 384 g/mol. The third kappa shape index (κ3) is 4.37. The number of unbranched alkanes of at least 4 members (excludes halogenated alkanes) is 1. The highest BCUT2D eigenvalue weighted by Gasteiger charge is 2.28. The minimum Gasteiger partial charge on any atom is -0.486 e. The second-order valence-corrected chi connectivity index (χ2v) is 8.09. The summed E-state index contributed by atoms with van der Waals surface area (Å²) in [7, 11) is 0. The number of fused-ring (bicyclic) bond motifs is 2. The first kappa shape index (κ1) is 19.5. The molecular formula is C22H24O4S. The minimum atomic E-state index is -0.868. The zero-order valence-electron chi connectivity index (χ0n) is 15.9. The third-order valence-corrected chi connectivity index (χ3v) is 5.69. The first-order valence-corrected chi connectivity index (χ1v) is 9.99. The fraction of sp³-hybridized carbons (Fsp3) is 0.364. The zero-order valence-corrected chi connectivity index (χ0v) is 16.7. The van der Waals surface area contributed by atoms with Crippen LogP contribution in [0.1, 0.15) is 33.6 Å². The van der Waals surface area contributed by atoms with Crippen LogP contribution in [0.15, 0.2) is 47.3 Å². The van der Waals surface area contributed by atoms with Crippen LogP contribution in [0, 0.1) is 0 Å². The molecule has 3 rings (SSSR count). The van der Waals surface area contributed by atoms with Crippen LogP contribution in [0.4, 0.5) is 0 Å². The molecule has 0 unspecified atom stereocenters. The van der Waals surface area contributed by atoms with Crippen LogP contribution in [0.2, 0.25) is 0 Å². The Morgan fingerprint density at radius 3 is 2.59 bits per heavy atom. The highest BCUT2D eigenvalue weighted by Crippen LogP contribution is 2.27. The predicted octanol–water partition coefficient (Wildman–Crippen LogP) is 4.96. The van der Waals surface area contributed by atoms with Gasteiger partial charge < -0.3 is 9.47 Å². The van der Waals surface area contributed by atoms with Gasteiger partial charge in [-0.1, -0.05) is 25.5 Å². The fourth-order valence-corrected chi connectivity index (χ4v) is 3.85. The van der Waals surface area contributed by atoms with E-state index in [1.165, 1.54) is 0 Å². The topological polar surface area (TPSA) is 52.6 Å². The average Bonchev–Trinajstić information content (AvgIpc) is 2.66. The van der Waals surface area contributed by atoms with E-state index in [-0.39, 0.29) is 17.8 Å². The Morgan fingerprint density at radius 2 is 1.81 bits per heavy atom. The zero-order chi connectivity index (χ0) is 19.4. The molecule has 5 heteroatoms. The Bertz CT molecular complexity index is 1020. The van der Waals surface area contributed by atoms with Gasteiger partial charge in [-0.3, -0.25) is 9.59 Å². The molecule has 0 spiro atoms. The summed E-state index contributed by atoms with van der Waals surface area (Å²) in [5.41, 5.74) is -0.847. The van der Waals surface area contributed by atoms with Gasteiger partial charge in [0.2, 0.25) is 5.78 Å². The number of ketones is 1. The van der Waals surface area contributed by atoms with Gasteiger partial charge in [0.25, 0.3) is 0 Å². The van der Waals surface area contributed by atoms with Crippen LogP contribution in [-0.2, 0) is 9.53 Å². The molecule has 0 aliphatic rings. The van der Waals surface area contributed by atoms with Crippen LogP contribution in [0.25, 0.3) is 20.2 Å². The van der Waals surface area contributed by atoms with E-state index < -0.39 is 5.60 Å². The van der Waals surface area contributed by atoms with E-state index in [0.717, 1.165) is 27.6 Å². The Balaban J connectivity index is 1.77. The summed E-state index contributed by atoms with van der Waals surface area (Å²) < 4.78 is 13.2. The van der Waals surface area contributed by atoms with E-state index >= 15 is 0 Å². The molecule has 0 amide bonds. The van der Waals surface area contributed by atoms with Crippen molar-refractivity contribution in [2.24, 2.45) is 0 Å². The van der Waals surface area contributed by atoms with Crippen molar-refractivity contribution < 1.29 is 14.3 Å². The molecule has 0 bridgehead atoms. The lowest BCUT2D eigenvalue weighted by molar-refractivity contribution is -0.142. The number of ether oxygens (including phenoxy) is 2. The number of carbonyl (C=O) groups excluding carboxylic acids is 1. The summed E-state index contributed by atoms with van der Waals surface area (Å²) in [6, 6.07) is 12.9. The van der Waals surface area contributed by atoms with E-state index in [1.54, 1.807) is 37.3 Å². The molecule has 27 heavy (non-hydrogen) atoms. The van der Waals surface area contributed by atoms with E-state index in [4.69, 9.17) is 9.47 Å². The molecule has 0 saturated carbocycles. The number of hydrogen-bond donors (Lipinski definition) is 0. The van der Waals surface area contributed by atoms with E-state index in [1.807, 2.05) is 30.3 Å². The molecule has 1 heterocycles. The van der Waals surface area contributed by atoms with Gasteiger partial charge >= 0.3 is 0 Å². The lowest BCUT2D eigenvalue weighted by Gasteiger charge is -2.23. The maximum atomic E-state index is 12.6. The molecule has 0 fully saturated rings. The van der Waals surface area contributed by atoms with E-state index in [9.17, 15) is 9.59 Å². The molecule has 0 aliphatic carbocycles. The molecular weight excluding hydrogens is 360 g/mol. The first-order chi connectivity index (χ1) is 12.9. The second-order valence-electron chi connectivity index (χ2n) is 7.01. The van der Waals surface area contributed by atoms with Crippen LogP contribution in [0.3, 0.4) is 0 Å². The van der Waals surface area contributed by atoms with Crippen LogP contribution >= 0.6 is 11.3 Å². The van der Waals surface area contributed by atoms with Gasteiger partial charge in [0.05, 0.1) is 0 Å². The molecule has 0 saturated heterocycles. The number of benzene rings is 2. The molecule has 0 aliphatic heterocycles. The Morgan fingerprint density at radius 1 is 1.07 bits per heavy atom. The highest BCUT2D eigenvalue weighted by molar-refractivity contribution is 7.24.